The van der Waals surface area contributed by atoms with Crippen LogP contribution in [0.3, 0.4) is 0 Å². The van der Waals surface area contributed by atoms with E-state index in [1.54, 1.807) is 12.1 Å². The standard InChI is InChI=1S/C17H20BN3O6.ClH/c19-9-12-6-10(4-5-20-12)7-15(22)21-14(18(26)27)8-11-2-1-3-13(16(11)23)17(24)25;/h1-6,14,23,26-27H,7-9,19H2,(H,21,22)(H,24,25);1H. The molecule has 0 fully saturated rings. The van der Waals surface area contributed by atoms with E-state index in [0.717, 1.165) is 0 Å². The molecule has 1 amide bonds. The Hall–Kier alpha value is -2.66. The Morgan fingerprint density at radius 2 is 1.96 bits per heavy atom. The van der Waals surface area contributed by atoms with Gasteiger partial charge in [0.15, 0.2) is 0 Å². The number of benzene rings is 1. The van der Waals surface area contributed by atoms with Crippen molar-refractivity contribution >= 4 is 31.4 Å². The van der Waals surface area contributed by atoms with E-state index in [2.05, 4.69) is 10.3 Å². The van der Waals surface area contributed by atoms with E-state index in [0.29, 0.717) is 11.3 Å². The van der Waals surface area contributed by atoms with Gasteiger partial charge in [-0.3, -0.25) is 9.78 Å². The zero-order valence-corrected chi connectivity index (χ0v) is 15.6. The summed E-state index contributed by atoms with van der Waals surface area (Å²) in [5.41, 5.74) is 6.65. The fraction of sp³-hybridized carbons (Fsp3) is 0.235. The maximum absolute atomic E-state index is 12.2. The molecule has 0 aliphatic heterocycles. The molecule has 11 heteroatoms. The number of pyridine rings is 1. The summed E-state index contributed by atoms with van der Waals surface area (Å²) in [7, 11) is -1.90. The molecule has 28 heavy (non-hydrogen) atoms. The average Bonchev–Trinajstić information content (AvgIpc) is 2.62. The Labute approximate surface area is 167 Å². The highest BCUT2D eigenvalue weighted by molar-refractivity contribution is 6.43. The third kappa shape index (κ3) is 6.20. The molecule has 0 saturated heterocycles. The largest absolute Gasteiger partial charge is 0.507 e. The predicted octanol–water partition coefficient (Wildman–Crippen LogP) is -0.352. The molecule has 1 heterocycles. The lowest BCUT2D eigenvalue weighted by atomic mass is 9.75. The predicted molar refractivity (Wildman–Crippen MR) is 104 cm³/mol. The second kappa shape index (κ2) is 10.6. The number of aromatic nitrogens is 1. The lowest BCUT2D eigenvalue weighted by Crippen LogP contribution is -2.48. The van der Waals surface area contributed by atoms with Crippen LogP contribution in [0.5, 0.6) is 5.75 Å². The molecule has 0 aliphatic carbocycles. The van der Waals surface area contributed by atoms with Gasteiger partial charge in [-0.1, -0.05) is 12.1 Å². The first kappa shape index (κ1) is 23.4. The summed E-state index contributed by atoms with van der Waals surface area (Å²) in [5.74, 6) is -3.40. The molecule has 1 atom stereocenters. The van der Waals surface area contributed by atoms with Crippen LogP contribution in [0.15, 0.2) is 36.5 Å². The van der Waals surface area contributed by atoms with Crippen molar-refractivity contribution in [3.8, 4) is 5.75 Å². The number of hydrogen-bond donors (Lipinski definition) is 6. The van der Waals surface area contributed by atoms with Crippen molar-refractivity contribution in [2.75, 3.05) is 0 Å². The fourth-order valence-electron chi connectivity index (χ4n) is 2.59. The van der Waals surface area contributed by atoms with Crippen LogP contribution in [-0.2, 0) is 24.2 Å². The van der Waals surface area contributed by atoms with Gasteiger partial charge >= 0.3 is 13.1 Å². The molecule has 0 bridgehead atoms. The van der Waals surface area contributed by atoms with Crippen LogP contribution in [0.1, 0.15) is 27.2 Å². The van der Waals surface area contributed by atoms with Crippen LogP contribution in [0.2, 0.25) is 0 Å². The number of amides is 1. The third-order valence-corrected chi connectivity index (χ3v) is 3.95. The van der Waals surface area contributed by atoms with Crippen molar-refractivity contribution < 1.29 is 29.9 Å². The van der Waals surface area contributed by atoms with Crippen LogP contribution in [0.4, 0.5) is 0 Å². The smallest absolute Gasteiger partial charge is 0.475 e. The van der Waals surface area contributed by atoms with E-state index in [-0.39, 0.29) is 42.9 Å². The van der Waals surface area contributed by atoms with Gasteiger partial charge in [0.2, 0.25) is 5.91 Å². The number of aromatic carboxylic acids is 1. The minimum atomic E-state index is -1.90. The maximum Gasteiger partial charge on any atom is 0.475 e. The van der Waals surface area contributed by atoms with E-state index < -0.39 is 30.7 Å². The Kier molecular flexibility index (Phi) is 8.87. The van der Waals surface area contributed by atoms with Gasteiger partial charge < -0.3 is 31.3 Å². The van der Waals surface area contributed by atoms with Crippen LogP contribution in [-0.4, -0.2) is 50.2 Å². The number of aromatic hydroxyl groups is 1. The number of halogens is 1. The number of rotatable bonds is 8. The van der Waals surface area contributed by atoms with E-state index in [4.69, 9.17) is 10.8 Å². The van der Waals surface area contributed by atoms with Gasteiger partial charge in [0.25, 0.3) is 0 Å². The second-order valence-electron chi connectivity index (χ2n) is 5.95. The van der Waals surface area contributed by atoms with Crippen molar-refractivity contribution in [3.63, 3.8) is 0 Å². The highest BCUT2D eigenvalue weighted by Gasteiger charge is 2.27. The number of carbonyl (C=O) groups excluding carboxylic acids is 1. The van der Waals surface area contributed by atoms with E-state index in [9.17, 15) is 24.7 Å². The fourth-order valence-corrected chi connectivity index (χ4v) is 2.59. The van der Waals surface area contributed by atoms with Gasteiger partial charge in [-0.2, -0.15) is 0 Å². The number of nitrogens with two attached hydrogens (primary N) is 1. The molecule has 0 saturated carbocycles. The van der Waals surface area contributed by atoms with Crippen molar-refractivity contribution in [3.05, 3.63) is 58.9 Å². The number of para-hydroxylation sites is 1. The SMILES string of the molecule is Cl.NCc1cc(CC(=O)NC(Cc2cccc(C(=O)O)c2O)B(O)O)ccn1. The molecule has 0 radical (unpaired) electrons. The van der Waals surface area contributed by atoms with Crippen molar-refractivity contribution in [2.24, 2.45) is 5.73 Å². The van der Waals surface area contributed by atoms with Gasteiger partial charge in [-0.25, -0.2) is 4.79 Å². The summed E-state index contributed by atoms with van der Waals surface area (Å²) in [6.07, 6.45) is 1.33. The monoisotopic (exact) mass is 409 g/mol. The number of phenols is 1. The van der Waals surface area contributed by atoms with Crippen LogP contribution in [0.25, 0.3) is 0 Å². The molecule has 7 N–H and O–H groups in total. The summed E-state index contributed by atoms with van der Waals surface area (Å²) in [5, 5.41) is 40.7. The van der Waals surface area contributed by atoms with Crippen LogP contribution < -0.4 is 11.1 Å². The molecule has 1 unspecified atom stereocenters. The Morgan fingerprint density at radius 1 is 1.25 bits per heavy atom. The zero-order valence-electron chi connectivity index (χ0n) is 14.8. The number of carboxylic acid groups (broad SMARTS) is 1. The van der Waals surface area contributed by atoms with E-state index >= 15 is 0 Å². The van der Waals surface area contributed by atoms with E-state index in [1.165, 1.54) is 24.4 Å². The molecular formula is C17H21BClN3O6. The van der Waals surface area contributed by atoms with Crippen molar-refractivity contribution in [1.29, 1.82) is 0 Å². The molecule has 150 valence electrons. The highest BCUT2D eigenvalue weighted by atomic mass is 35.5. The average molecular weight is 410 g/mol. The molecule has 9 nitrogen and oxygen atoms in total. The number of nitrogens with one attached hydrogen (secondary N) is 1. The maximum atomic E-state index is 12.2. The van der Waals surface area contributed by atoms with Gasteiger partial charge in [-0.15, -0.1) is 12.4 Å². The molecule has 1 aromatic carbocycles. The van der Waals surface area contributed by atoms with Gasteiger partial charge in [0, 0.05) is 12.7 Å². The minimum Gasteiger partial charge on any atom is -0.507 e. The summed E-state index contributed by atoms with van der Waals surface area (Å²) in [4.78, 5) is 27.3. The summed E-state index contributed by atoms with van der Waals surface area (Å²) in [6.45, 7) is 0.229. The molecule has 0 aliphatic rings. The molecule has 2 rings (SSSR count). The normalized spacial score (nSPS) is 11.2. The van der Waals surface area contributed by atoms with E-state index in [1.807, 2.05) is 0 Å². The third-order valence-electron chi connectivity index (χ3n) is 3.95. The first-order valence-electron chi connectivity index (χ1n) is 8.15. The topological polar surface area (TPSA) is 166 Å². The van der Waals surface area contributed by atoms with Crippen LogP contribution in [0, 0.1) is 0 Å². The first-order chi connectivity index (χ1) is 12.8. The van der Waals surface area contributed by atoms with Crippen molar-refractivity contribution in [2.45, 2.75) is 25.3 Å². The lowest BCUT2D eigenvalue weighted by Gasteiger charge is -2.19. The van der Waals surface area contributed by atoms with Gasteiger partial charge in [0.1, 0.15) is 11.3 Å². The summed E-state index contributed by atoms with van der Waals surface area (Å²) in [6, 6.07) is 7.41. The zero-order chi connectivity index (χ0) is 20.0. The Morgan fingerprint density at radius 3 is 2.57 bits per heavy atom. The second-order valence-corrected chi connectivity index (χ2v) is 5.95. The molecule has 1 aromatic heterocycles. The Balaban J connectivity index is 0.00000392. The Bertz CT molecular complexity index is 836. The summed E-state index contributed by atoms with van der Waals surface area (Å²) < 4.78 is 0. The highest BCUT2D eigenvalue weighted by Crippen LogP contribution is 2.24. The number of carbonyl (C=O) groups is 2. The van der Waals surface area contributed by atoms with Gasteiger partial charge in [0.05, 0.1) is 18.1 Å². The first-order valence-corrected chi connectivity index (χ1v) is 8.15. The number of carboxylic acids is 1. The minimum absolute atomic E-state index is 0. The molecule has 0 spiro atoms. The van der Waals surface area contributed by atoms with Gasteiger partial charge in [-0.05, 0) is 35.7 Å². The molecule has 2 aromatic rings. The lowest BCUT2D eigenvalue weighted by molar-refractivity contribution is -0.120. The number of hydrogen-bond acceptors (Lipinski definition) is 7. The number of nitrogens with zero attached hydrogens (tertiary/aromatic N) is 1. The van der Waals surface area contributed by atoms with Crippen molar-refractivity contribution in [1.82, 2.24) is 10.3 Å². The quantitative estimate of drug-likeness (QED) is 0.322. The van der Waals surface area contributed by atoms with Crippen LogP contribution >= 0.6 is 12.4 Å². The summed E-state index contributed by atoms with van der Waals surface area (Å²) >= 11 is 0. The molecular weight excluding hydrogens is 388 g/mol.